The number of aryl methyl sites for hydroxylation is 1. The van der Waals surface area contributed by atoms with Gasteiger partial charge in [-0.1, -0.05) is 6.92 Å². The van der Waals surface area contributed by atoms with Crippen molar-refractivity contribution in [3.05, 3.63) is 16.1 Å². The van der Waals surface area contributed by atoms with Crippen LogP contribution in [0.25, 0.3) is 0 Å². The smallest absolute Gasteiger partial charge is 0.224 e. The highest BCUT2D eigenvalue weighted by Crippen LogP contribution is 2.29. The minimum Gasteiger partial charge on any atom is -0.342 e. The zero-order valence-corrected chi connectivity index (χ0v) is 17.3. The molecule has 0 spiro atoms. The van der Waals surface area contributed by atoms with Gasteiger partial charge < -0.3 is 10.2 Å². The zero-order valence-electron chi connectivity index (χ0n) is 14.0. The predicted molar refractivity (Wildman–Crippen MR) is 108 cm³/mol. The first-order chi connectivity index (χ1) is 10.8. The van der Waals surface area contributed by atoms with E-state index < -0.39 is 0 Å². The number of thiazole rings is 1. The summed E-state index contributed by atoms with van der Waals surface area (Å²) >= 11 is 3.72. The fraction of sp³-hybridized carbons (Fsp3) is 0.750. The number of piperidine rings is 1. The van der Waals surface area contributed by atoms with Gasteiger partial charge in [0.2, 0.25) is 5.91 Å². The molecule has 2 unspecified atom stereocenters. The first-order valence-electron chi connectivity index (χ1n) is 8.29. The molecule has 8 heteroatoms. The van der Waals surface area contributed by atoms with Gasteiger partial charge >= 0.3 is 0 Å². The van der Waals surface area contributed by atoms with Crippen molar-refractivity contribution < 1.29 is 4.79 Å². The molecule has 4 nitrogen and oxygen atoms in total. The largest absolute Gasteiger partial charge is 0.342 e. The summed E-state index contributed by atoms with van der Waals surface area (Å²) < 4.78 is 0. The molecule has 3 heterocycles. The third kappa shape index (κ3) is 5.77. The molecule has 138 valence electrons. The third-order valence-corrected chi connectivity index (χ3v) is 6.66. The van der Waals surface area contributed by atoms with Crippen LogP contribution in [0.4, 0.5) is 0 Å². The molecular weight excluding hydrogens is 385 g/mol. The van der Waals surface area contributed by atoms with Crippen LogP contribution in [-0.2, 0) is 11.2 Å². The van der Waals surface area contributed by atoms with Gasteiger partial charge in [0.05, 0.1) is 10.7 Å². The van der Waals surface area contributed by atoms with Crippen LogP contribution in [0.2, 0.25) is 0 Å². The van der Waals surface area contributed by atoms with Crippen molar-refractivity contribution >= 4 is 53.8 Å². The highest BCUT2D eigenvalue weighted by atomic mass is 35.5. The van der Waals surface area contributed by atoms with Crippen LogP contribution in [0.1, 0.15) is 42.8 Å². The Morgan fingerprint density at radius 1 is 1.46 bits per heavy atom. The van der Waals surface area contributed by atoms with Crippen LogP contribution in [0.3, 0.4) is 0 Å². The van der Waals surface area contributed by atoms with E-state index in [9.17, 15) is 4.79 Å². The summed E-state index contributed by atoms with van der Waals surface area (Å²) in [5.41, 5.74) is 1.19. The van der Waals surface area contributed by atoms with E-state index >= 15 is 0 Å². The van der Waals surface area contributed by atoms with Gasteiger partial charge in [-0.3, -0.25) is 4.79 Å². The molecule has 2 fully saturated rings. The monoisotopic (exact) mass is 411 g/mol. The number of nitrogens with zero attached hydrogens (tertiary/aromatic N) is 2. The average molecular weight is 412 g/mol. The van der Waals surface area contributed by atoms with Gasteiger partial charge in [-0.25, -0.2) is 4.98 Å². The van der Waals surface area contributed by atoms with Gasteiger partial charge in [0.15, 0.2) is 0 Å². The Labute approximate surface area is 165 Å². The molecule has 1 amide bonds. The molecule has 24 heavy (non-hydrogen) atoms. The van der Waals surface area contributed by atoms with E-state index in [1.165, 1.54) is 16.5 Å². The summed E-state index contributed by atoms with van der Waals surface area (Å²) in [6.07, 6.45) is 3.91. The number of carbonyl (C=O) groups is 1. The molecule has 3 rings (SSSR count). The minimum absolute atomic E-state index is 0. The fourth-order valence-corrected chi connectivity index (χ4v) is 5.15. The number of halogens is 2. The number of amides is 1. The van der Waals surface area contributed by atoms with Crippen LogP contribution in [0.5, 0.6) is 0 Å². The number of hydrogen-bond acceptors (Lipinski definition) is 5. The molecule has 1 N–H and O–H groups in total. The predicted octanol–water partition coefficient (Wildman–Crippen LogP) is 3.35. The number of likely N-dealkylation sites (tertiary alicyclic amines) is 1. The van der Waals surface area contributed by atoms with E-state index in [-0.39, 0.29) is 24.8 Å². The third-order valence-electron chi connectivity index (χ3n) is 4.47. The summed E-state index contributed by atoms with van der Waals surface area (Å²) in [6, 6.07) is 0.359. The molecule has 2 aliphatic rings. The van der Waals surface area contributed by atoms with Gasteiger partial charge in [0.1, 0.15) is 0 Å². The lowest BCUT2D eigenvalue weighted by Crippen LogP contribution is -2.45. The number of hydrogen-bond donors (Lipinski definition) is 1. The molecule has 0 radical (unpaired) electrons. The number of rotatable bonds is 4. The quantitative estimate of drug-likeness (QED) is 0.824. The van der Waals surface area contributed by atoms with E-state index in [0.717, 1.165) is 44.6 Å². The van der Waals surface area contributed by atoms with Crippen LogP contribution >= 0.6 is 47.9 Å². The van der Waals surface area contributed by atoms with Crippen LogP contribution < -0.4 is 5.32 Å². The Bertz CT molecular complexity index is 509. The summed E-state index contributed by atoms with van der Waals surface area (Å²) in [4.78, 5) is 19.4. The van der Waals surface area contributed by atoms with Crippen molar-refractivity contribution in [1.29, 1.82) is 0 Å². The Balaban J connectivity index is 0.00000144. The molecule has 0 aliphatic carbocycles. The van der Waals surface area contributed by atoms with E-state index in [2.05, 4.69) is 22.5 Å². The molecule has 2 aliphatic heterocycles. The number of thioether (sulfide) groups is 1. The van der Waals surface area contributed by atoms with Crippen LogP contribution in [-0.4, -0.2) is 53.0 Å². The standard InChI is InChI=1S/C16H25N3OS2.2ClH/c1-2-13-11-22-16(18-13)12-4-3-6-19(9-12)15(20)8-14-10-21-7-5-17-14;;/h11-12,14,17H,2-10H2,1H3;2*1H. The van der Waals surface area contributed by atoms with E-state index in [0.29, 0.717) is 24.3 Å². The summed E-state index contributed by atoms with van der Waals surface area (Å²) in [5, 5.41) is 6.85. The van der Waals surface area contributed by atoms with Crippen LogP contribution in [0, 0.1) is 0 Å². The lowest BCUT2D eigenvalue weighted by molar-refractivity contribution is -0.132. The topological polar surface area (TPSA) is 45.2 Å². The van der Waals surface area contributed by atoms with Gasteiger partial charge in [0.25, 0.3) is 0 Å². The molecular formula is C16H27Cl2N3OS2. The highest BCUT2D eigenvalue weighted by molar-refractivity contribution is 7.99. The van der Waals surface area contributed by atoms with E-state index in [1.54, 1.807) is 11.3 Å². The van der Waals surface area contributed by atoms with E-state index in [1.807, 2.05) is 11.8 Å². The summed E-state index contributed by atoms with van der Waals surface area (Å²) in [6.45, 7) is 4.95. The maximum absolute atomic E-state index is 12.6. The van der Waals surface area contributed by atoms with Gasteiger partial charge in [-0.15, -0.1) is 36.2 Å². The van der Waals surface area contributed by atoms with Crippen molar-refractivity contribution in [2.45, 2.75) is 44.6 Å². The molecule has 0 aromatic carbocycles. The summed E-state index contributed by atoms with van der Waals surface area (Å²) in [5.74, 6) is 2.99. The number of nitrogens with one attached hydrogen (secondary N) is 1. The van der Waals surface area contributed by atoms with E-state index in [4.69, 9.17) is 4.98 Å². The van der Waals surface area contributed by atoms with Crippen LogP contribution in [0.15, 0.2) is 5.38 Å². The second kappa shape index (κ2) is 10.9. The number of carbonyl (C=O) groups excluding carboxylic acids is 1. The lowest BCUT2D eigenvalue weighted by Gasteiger charge is -2.33. The SMILES string of the molecule is CCc1csc(C2CCCN(C(=O)CC3CSCCN3)C2)n1.Cl.Cl. The molecule has 2 saturated heterocycles. The maximum Gasteiger partial charge on any atom is 0.224 e. The molecule has 0 bridgehead atoms. The van der Waals surface area contributed by atoms with Gasteiger partial charge in [-0.05, 0) is 19.3 Å². The van der Waals surface area contributed by atoms with Crippen molar-refractivity contribution in [2.75, 3.05) is 31.1 Å². The zero-order chi connectivity index (χ0) is 15.4. The Kier molecular flexibility index (Phi) is 9.97. The van der Waals surface area contributed by atoms with Crippen molar-refractivity contribution in [2.24, 2.45) is 0 Å². The summed E-state index contributed by atoms with van der Waals surface area (Å²) in [7, 11) is 0. The van der Waals surface area contributed by atoms with Crippen molar-refractivity contribution in [3.8, 4) is 0 Å². The van der Waals surface area contributed by atoms with Gasteiger partial charge in [-0.2, -0.15) is 11.8 Å². The molecule has 1 aromatic rings. The molecule has 0 saturated carbocycles. The van der Waals surface area contributed by atoms with Crippen molar-refractivity contribution in [3.63, 3.8) is 0 Å². The maximum atomic E-state index is 12.6. The first kappa shape index (κ1) is 22.0. The number of aromatic nitrogens is 1. The average Bonchev–Trinajstić information content (AvgIpc) is 3.05. The molecule has 1 aromatic heterocycles. The Morgan fingerprint density at radius 3 is 2.96 bits per heavy atom. The Morgan fingerprint density at radius 2 is 2.29 bits per heavy atom. The fourth-order valence-electron chi connectivity index (χ4n) is 3.17. The first-order valence-corrected chi connectivity index (χ1v) is 10.3. The normalized spacial score (nSPS) is 24.0. The van der Waals surface area contributed by atoms with Gasteiger partial charge in [0, 0.05) is 54.9 Å². The Hall–Kier alpha value is -0.0100. The highest BCUT2D eigenvalue weighted by Gasteiger charge is 2.28. The van der Waals surface area contributed by atoms with Crippen molar-refractivity contribution in [1.82, 2.24) is 15.2 Å². The second-order valence-electron chi connectivity index (χ2n) is 6.14. The minimum atomic E-state index is 0. The second-order valence-corrected chi connectivity index (χ2v) is 8.18. The molecule has 2 atom stereocenters. The lowest BCUT2D eigenvalue weighted by atomic mass is 9.98.